The van der Waals surface area contributed by atoms with Crippen molar-refractivity contribution < 1.29 is 4.79 Å². The van der Waals surface area contributed by atoms with Crippen LogP contribution in [0.15, 0.2) is 41.1 Å². The molecule has 1 aromatic heterocycles. The van der Waals surface area contributed by atoms with E-state index in [0.29, 0.717) is 11.5 Å². The summed E-state index contributed by atoms with van der Waals surface area (Å²) in [5.41, 5.74) is 1.26. The maximum Gasteiger partial charge on any atom is 0.271 e. The molecule has 1 saturated carbocycles. The van der Waals surface area contributed by atoms with E-state index >= 15 is 0 Å². The number of anilines is 2. The number of benzene rings is 1. The summed E-state index contributed by atoms with van der Waals surface area (Å²) >= 11 is 3.47. The summed E-state index contributed by atoms with van der Waals surface area (Å²) in [5, 5.41) is 6.21. The summed E-state index contributed by atoms with van der Waals surface area (Å²) in [6.07, 6.45) is 8.84. The minimum atomic E-state index is -0.142. The minimum Gasteiger partial charge on any atom is -0.348 e. The van der Waals surface area contributed by atoms with E-state index in [9.17, 15) is 4.79 Å². The van der Waals surface area contributed by atoms with E-state index in [1.165, 1.54) is 25.5 Å². The Hall–Kier alpha value is -1.95. The second-order valence-corrected chi connectivity index (χ2v) is 6.55. The minimum absolute atomic E-state index is 0.142. The number of hydrogen-bond donors (Lipinski definition) is 2. The smallest absolute Gasteiger partial charge is 0.271 e. The van der Waals surface area contributed by atoms with Crippen LogP contribution in [0.4, 0.5) is 11.5 Å². The molecule has 1 heterocycles. The Morgan fingerprint density at radius 1 is 1.09 bits per heavy atom. The van der Waals surface area contributed by atoms with Gasteiger partial charge in [-0.25, -0.2) is 9.97 Å². The number of amides is 1. The van der Waals surface area contributed by atoms with Gasteiger partial charge in [0.05, 0.1) is 18.1 Å². The van der Waals surface area contributed by atoms with Crippen LogP contribution in [-0.2, 0) is 0 Å². The fourth-order valence-electron chi connectivity index (χ4n) is 2.72. The van der Waals surface area contributed by atoms with E-state index in [-0.39, 0.29) is 11.9 Å². The van der Waals surface area contributed by atoms with Crippen LogP contribution >= 0.6 is 15.9 Å². The van der Waals surface area contributed by atoms with Gasteiger partial charge in [-0.15, -0.1) is 0 Å². The summed E-state index contributed by atoms with van der Waals surface area (Å²) in [5.74, 6) is 0.461. The van der Waals surface area contributed by atoms with Gasteiger partial charge in [0.2, 0.25) is 0 Å². The van der Waals surface area contributed by atoms with Gasteiger partial charge in [0.1, 0.15) is 11.5 Å². The highest BCUT2D eigenvalue weighted by atomic mass is 79.9. The molecule has 120 valence electrons. The van der Waals surface area contributed by atoms with Gasteiger partial charge < -0.3 is 10.6 Å². The number of hydrogen-bond acceptors (Lipinski definition) is 4. The lowest BCUT2D eigenvalue weighted by Crippen LogP contribution is -2.36. The van der Waals surface area contributed by atoms with Gasteiger partial charge in [-0.3, -0.25) is 4.79 Å². The molecule has 1 aromatic carbocycles. The Labute approximate surface area is 144 Å². The van der Waals surface area contributed by atoms with Gasteiger partial charge in [0.25, 0.3) is 5.91 Å². The first-order valence-electron chi connectivity index (χ1n) is 7.87. The number of rotatable bonds is 4. The van der Waals surface area contributed by atoms with Gasteiger partial charge in [-0.2, -0.15) is 0 Å². The van der Waals surface area contributed by atoms with Crippen molar-refractivity contribution in [3.8, 4) is 0 Å². The van der Waals surface area contributed by atoms with Gasteiger partial charge >= 0.3 is 0 Å². The van der Waals surface area contributed by atoms with Crippen molar-refractivity contribution in [1.82, 2.24) is 15.3 Å². The normalized spacial score (nSPS) is 15.2. The number of nitrogens with one attached hydrogen (secondary N) is 2. The molecule has 0 spiro atoms. The molecule has 0 aliphatic heterocycles. The number of carbonyl (C=O) groups excluding carboxylic acids is 1. The number of aromatic nitrogens is 2. The van der Waals surface area contributed by atoms with Crippen molar-refractivity contribution in [3.63, 3.8) is 0 Å². The van der Waals surface area contributed by atoms with Gasteiger partial charge in [-0.05, 0) is 40.9 Å². The van der Waals surface area contributed by atoms with E-state index in [0.717, 1.165) is 23.0 Å². The van der Waals surface area contributed by atoms with Gasteiger partial charge in [0, 0.05) is 10.5 Å². The molecule has 1 aliphatic rings. The molecule has 3 rings (SSSR count). The Morgan fingerprint density at radius 2 is 1.87 bits per heavy atom. The average molecular weight is 375 g/mol. The van der Waals surface area contributed by atoms with Crippen molar-refractivity contribution in [2.75, 3.05) is 5.32 Å². The summed E-state index contributed by atoms with van der Waals surface area (Å²) in [7, 11) is 0. The van der Waals surface area contributed by atoms with E-state index in [2.05, 4.69) is 36.5 Å². The molecule has 0 saturated heterocycles. The van der Waals surface area contributed by atoms with Gasteiger partial charge in [0.15, 0.2) is 0 Å². The molecule has 0 atom stereocenters. The highest BCUT2D eigenvalue weighted by molar-refractivity contribution is 9.10. The fraction of sp³-hybridized carbons (Fsp3) is 0.353. The number of para-hydroxylation sites is 1. The van der Waals surface area contributed by atoms with Crippen LogP contribution in [0.1, 0.15) is 42.6 Å². The average Bonchev–Trinajstić information content (AvgIpc) is 2.58. The second kappa shape index (κ2) is 7.55. The number of nitrogens with zero attached hydrogens (tertiary/aromatic N) is 2. The molecule has 0 unspecified atom stereocenters. The molecule has 0 bridgehead atoms. The Morgan fingerprint density at radius 3 is 2.57 bits per heavy atom. The maximum atomic E-state index is 12.2. The molecule has 2 N–H and O–H groups in total. The second-order valence-electron chi connectivity index (χ2n) is 5.70. The van der Waals surface area contributed by atoms with Crippen LogP contribution < -0.4 is 10.6 Å². The third-order valence-corrected chi connectivity index (χ3v) is 4.65. The molecule has 1 fully saturated rings. The van der Waals surface area contributed by atoms with Crippen molar-refractivity contribution in [1.29, 1.82) is 0 Å². The zero-order valence-corrected chi connectivity index (χ0v) is 14.3. The van der Waals surface area contributed by atoms with Crippen molar-refractivity contribution in [3.05, 3.63) is 46.8 Å². The fourth-order valence-corrected chi connectivity index (χ4v) is 3.10. The summed E-state index contributed by atoms with van der Waals surface area (Å²) in [6.45, 7) is 0. The lowest BCUT2D eigenvalue weighted by atomic mass is 9.95. The predicted octanol–water partition coefficient (Wildman–Crippen LogP) is 4.05. The Kier molecular flexibility index (Phi) is 5.23. The lowest BCUT2D eigenvalue weighted by molar-refractivity contribution is 0.0922. The third-order valence-electron chi connectivity index (χ3n) is 3.96. The summed E-state index contributed by atoms with van der Waals surface area (Å²) < 4.78 is 0.945. The Balaban J connectivity index is 1.62. The van der Waals surface area contributed by atoms with Crippen molar-refractivity contribution in [2.24, 2.45) is 0 Å². The summed E-state index contributed by atoms with van der Waals surface area (Å²) in [6, 6.07) is 8.04. The number of halogens is 1. The van der Waals surface area contributed by atoms with Crippen LogP contribution in [0.5, 0.6) is 0 Å². The molecule has 2 aromatic rings. The molecular formula is C17H19BrN4O. The molecule has 23 heavy (non-hydrogen) atoms. The molecule has 6 heteroatoms. The van der Waals surface area contributed by atoms with Crippen molar-refractivity contribution in [2.45, 2.75) is 38.1 Å². The van der Waals surface area contributed by atoms with Crippen LogP contribution in [0.3, 0.4) is 0 Å². The zero-order chi connectivity index (χ0) is 16.1. The van der Waals surface area contributed by atoms with Crippen LogP contribution in [0.25, 0.3) is 0 Å². The molecule has 0 radical (unpaired) electrons. The number of carbonyl (C=O) groups is 1. The summed E-state index contributed by atoms with van der Waals surface area (Å²) in [4.78, 5) is 20.7. The quantitative estimate of drug-likeness (QED) is 0.846. The predicted molar refractivity (Wildman–Crippen MR) is 93.8 cm³/mol. The third kappa shape index (κ3) is 4.28. The van der Waals surface area contributed by atoms with E-state index in [4.69, 9.17) is 0 Å². The first kappa shape index (κ1) is 15.9. The standard InChI is InChI=1S/C17H19BrN4O/c18-13-8-4-5-9-14(13)22-16-11-19-15(10-20-16)17(23)21-12-6-2-1-3-7-12/h4-5,8-12H,1-3,6-7H2,(H,20,22)(H,21,23). The highest BCUT2D eigenvalue weighted by Gasteiger charge is 2.17. The molecule has 5 nitrogen and oxygen atoms in total. The van der Waals surface area contributed by atoms with Crippen molar-refractivity contribution >= 4 is 33.3 Å². The largest absolute Gasteiger partial charge is 0.348 e. The first-order valence-corrected chi connectivity index (χ1v) is 8.66. The lowest BCUT2D eigenvalue weighted by Gasteiger charge is -2.22. The SMILES string of the molecule is O=C(NC1CCCCC1)c1cnc(Nc2ccccc2Br)cn1. The van der Waals surface area contributed by atoms with Crippen LogP contribution in [0.2, 0.25) is 0 Å². The van der Waals surface area contributed by atoms with Crippen LogP contribution in [0, 0.1) is 0 Å². The zero-order valence-electron chi connectivity index (χ0n) is 12.8. The monoisotopic (exact) mass is 374 g/mol. The topological polar surface area (TPSA) is 66.9 Å². The molecular weight excluding hydrogens is 356 g/mol. The molecule has 1 amide bonds. The first-order chi connectivity index (χ1) is 11.2. The highest BCUT2D eigenvalue weighted by Crippen LogP contribution is 2.24. The Bertz CT molecular complexity index is 669. The van der Waals surface area contributed by atoms with Gasteiger partial charge in [-0.1, -0.05) is 31.4 Å². The maximum absolute atomic E-state index is 12.2. The van der Waals surface area contributed by atoms with E-state index in [1.54, 1.807) is 6.20 Å². The van der Waals surface area contributed by atoms with Crippen LogP contribution in [-0.4, -0.2) is 21.9 Å². The van der Waals surface area contributed by atoms with E-state index < -0.39 is 0 Å². The molecule has 1 aliphatic carbocycles. The van der Waals surface area contributed by atoms with E-state index in [1.807, 2.05) is 24.3 Å².